The van der Waals surface area contributed by atoms with Crippen LogP contribution in [0.25, 0.3) is 0 Å². The van der Waals surface area contributed by atoms with Crippen molar-refractivity contribution in [3.05, 3.63) is 5.82 Å². The van der Waals surface area contributed by atoms with E-state index >= 15 is 0 Å². The highest BCUT2D eigenvalue weighted by Crippen LogP contribution is 2.13. The molecule has 1 aromatic heterocycles. The van der Waals surface area contributed by atoms with Gasteiger partial charge in [-0.3, -0.25) is 5.10 Å². The molecule has 88 valence electrons. The smallest absolute Gasteiger partial charge is 0.376 e. The fraction of sp³-hybridized carbons (Fsp3) is 0.667. The van der Waals surface area contributed by atoms with Crippen LogP contribution in [0.4, 0.5) is 5.95 Å². The molecule has 7 heteroatoms. The van der Waals surface area contributed by atoms with Crippen molar-refractivity contribution < 1.29 is 14.3 Å². The van der Waals surface area contributed by atoms with Gasteiger partial charge in [0.2, 0.25) is 11.8 Å². The molecule has 7 nitrogen and oxygen atoms in total. The number of ether oxygens (including phenoxy) is 2. The topological polar surface area (TPSA) is 103 Å². The van der Waals surface area contributed by atoms with Gasteiger partial charge in [-0.25, -0.2) is 4.79 Å². The van der Waals surface area contributed by atoms with Crippen LogP contribution in [0.1, 0.15) is 29.9 Å². The predicted octanol–water partition coefficient (Wildman–Crippen LogP) is 0.113. The molecule has 3 N–H and O–H groups in total. The molecule has 1 saturated heterocycles. The van der Waals surface area contributed by atoms with Crippen molar-refractivity contribution in [3.63, 3.8) is 0 Å². The Hall–Kier alpha value is -1.63. The molecule has 2 heterocycles. The third-order valence-corrected chi connectivity index (χ3v) is 2.37. The first-order valence-corrected chi connectivity index (χ1v) is 5.22. The Balaban J connectivity index is 1.79. The van der Waals surface area contributed by atoms with Gasteiger partial charge in [0.15, 0.2) is 0 Å². The van der Waals surface area contributed by atoms with E-state index in [1.807, 2.05) is 0 Å². The van der Waals surface area contributed by atoms with E-state index in [4.69, 9.17) is 15.2 Å². The summed E-state index contributed by atoms with van der Waals surface area (Å²) < 4.78 is 10.4. The number of nitrogen functional groups attached to an aromatic ring is 1. The van der Waals surface area contributed by atoms with Gasteiger partial charge in [0.1, 0.15) is 6.61 Å². The third-order valence-electron chi connectivity index (χ3n) is 2.37. The van der Waals surface area contributed by atoms with Crippen LogP contribution >= 0.6 is 0 Å². The van der Waals surface area contributed by atoms with Crippen LogP contribution in [0, 0.1) is 0 Å². The lowest BCUT2D eigenvalue weighted by Gasteiger charge is -2.21. The van der Waals surface area contributed by atoms with E-state index in [2.05, 4.69) is 15.2 Å². The van der Waals surface area contributed by atoms with Crippen molar-refractivity contribution in [2.75, 3.05) is 18.9 Å². The SMILES string of the molecule is Nc1n[nH]c(C(=O)OCC2CCCCO2)n1. The summed E-state index contributed by atoms with van der Waals surface area (Å²) in [7, 11) is 0. The summed E-state index contributed by atoms with van der Waals surface area (Å²) in [6.45, 7) is 0.983. The van der Waals surface area contributed by atoms with Gasteiger partial charge in [0, 0.05) is 6.61 Å². The molecule has 1 aliphatic heterocycles. The van der Waals surface area contributed by atoms with E-state index in [1.54, 1.807) is 0 Å². The van der Waals surface area contributed by atoms with Crippen LogP contribution in [0.2, 0.25) is 0 Å². The molecule has 0 aromatic carbocycles. The molecule has 1 aliphatic rings. The first kappa shape index (κ1) is 10.9. The maximum absolute atomic E-state index is 11.4. The zero-order valence-electron chi connectivity index (χ0n) is 8.81. The Morgan fingerprint density at radius 1 is 1.62 bits per heavy atom. The second-order valence-electron chi connectivity index (χ2n) is 3.63. The number of esters is 1. The van der Waals surface area contributed by atoms with E-state index in [9.17, 15) is 4.79 Å². The number of carbonyl (C=O) groups excluding carboxylic acids is 1. The van der Waals surface area contributed by atoms with Crippen molar-refractivity contribution in [2.24, 2.45) is 0 Å². The molecule has 0 aliphatic carbocycles. The zero-order chi connectivity index (χ0) is 11.4. The van der Waals surface area contributed by atoms with Crippen LogP contribution < -0.4 is 5.73 Å². The number of H-pyrrole nitrogens is 1. The minimum absolute atomic E-state index is 0.00188. The molecule has 1 aromatic rings. The van der Waals surface area contributed by atoms with E-state index < -0.39 is 5.97 Å². The normalized spacial score (nSPS) is 20.6. The molecule has 16 heavy (non-hydrogen) atoms. The molecule has 0 radical (unpaired) electrons. The molecule has 2 rings (SSSR count). The standard InChI is InChI=1S/C9H14N4O3/c10-9-11-7(12-13-9)8(14)16-5-6-3-1-2-4-15-6/h6H,1-5H2,(H3,10,11,12,13). The van der Waals surface area contributed by atoms with Crippen molar-refractivity contribution in [3.8, 4) is 0 Å². The van der Waals surface area contributed by atoms with Crippen LogP contribution in [0.3, 0.4) is 0 Å². The Morgan fingerprint density at radius 3 is 3.12 bits per heavy atom. The summed E-state index contributed by atoms with van der Waals surface area (Å²) in [5, 5.41) is 5.93. The maximum atomic E-state index is 11.4. The van der Waals surface area contributed by atoms with Gasteiger partial charge < -0.3 is 15.2 Å². The van der Waals surface area contributed by atoms with Crippen LogP contribution in [-0.2, 0) is 9.47 Å². The van der Waals surface area contributed by atoms with Crippen LogP contribution in [0.5, 0.6) is 0 Å². The molecule has 0 bridgehead atoms. The average Bonchev–Trinajstić information content (AvgIpc) is 2.74. The average molecular weight is 226 g/mol. The Kier molecular flexibility index (Phi) is 3.35. The second-order valence-corrected chi connectivity index (χ2v) is 3.63. The minimum Gasteiger partial charge on any atom is -0.457 e. The quantitative estimate of drug-likeness (QED) is 0.709. The second kappa shape index (κ2) is 4.93. The summed E-state index contributed by atoms with van der Waals surface area (Å²) in [6.07, 6.45) is 3.10. The third kappa shape index (κ3) is 2.69. The number of nitrogens with one attached hydrogen (secondary N) is 1. The Labute approximate surface area is 92.3 Å². The number of aromatic amines is 1. The lowest BCUT2D eigenvalue weighted by molar-refractivity contribution is -0.0304. The highest BCUT2D eigenvalue weighted by Gasteiger charge is 2.18. The van der Waals surface area contributed by atoms with Crippen LogP contribution in [0.15, 0.2) is 0 Å². The first-order valence-electron chi connectivity index (χ1n) is 5.22. The molecular weight excluding hydrogens is 212 g/mol. The highest BCUT2D eigenvalue weighted by atomic mass is 16.6. The fourth-order valence-electron chi connectivity index (χ4n) is 1.54. The molecule has 1 atom stereocenters. The lowest BCUT2D eigenvalue weighted by Crippen LogP contribution is -2.26. The van der Waals surface area contributed by atoms with E-state index in [1.165, 1.54) is 0 Å². The largest absolute Gasteiger partial charge is 0.457 e. The number of anilines is 1. The van der Waals surface area contributed by atoms with Crippen molar-refractivity contribution in [1.29, 1.82) is 0 Å². The molecule has 1 unspecified atom stereocenters. The summed E-state index contributed by atoms with van der Waals surface area (Å²) in [4.78, 5) is 15.1. The van der Waals surface area contributed by atoms with Gasteiger partial charge in [-0.1, -0.05) is 0 Å². The number of nitrogens with zero attached hydrogens (tertiary/aromatic N) is 2. The predicted molar refractivity (Wildman–Crippen MR) is 54.7 cm³/mol. The first-order chi connectivity index (χ1) is 7.75. The Morgan fingerprint density at radius 2 is 2.50 bits per heavy atom. The molecule has 0 saturated carbocycles. The van der Waals surface area contributed by atoms with Gasteiger partial charge in [0.05, 0.1) is 6.10 Å². The van der Waals surface area contributed by atoms with Gasteiger partial charge in [-0.15, -0.1) is 5.10 Å². The van der Waals surface area contributed by atoms with Gasteiger partial charge in [0.25, 0.3) is 0 Å². The number of hydrogen-bond acceptors (Lipinski definition) is 6. The van der Waals surface area contributed by atoms with Crippen molar-refractivity contribution in [1.82, 2.24) is 15.2 Å². The maximum Gasteiger partial charge on any atom is 0.376 e. The fourth-order valence-corrected chi connectivity index (χ4v) is 1.54. The number of rotatable bonds is 3. The zero-order valence-corrected chi connectivity index (χ0v) is 8.81. The van der Waals surface area contributed by atoms with Crippen molar-refractivity contribution in [2.45, 2.75) is 25.4 Å². The summed E-state index contributed by atoms with van der Waals surface area (Å²) >= 11 is 0. The molecular formula is C9H14N4O3. The summed E-state index contributed by atoms with van der Waals surface area (Å²) in [5.74, 6) is -0.507. The lowest BCUT2D eigenvalue weighted by atomic mass is 10.1. The van der Waals surface area contributed by atoms with Crippen LogP contribution in [-0.4, -0.2) is 40.5 Å². The van der Waals surface area contributed by atoms with Gasteiger partial charge >= 0.3 is 5.97 Å². The van der Waals surface area contributed by atoms with Gasteiger partial charge in [-0.2, -0.15) is 4.98 Å². The number of nitrogens with two attached hydrogens (primary N) is 1. The number of hydrogen-bond donors (Lipinski definition) is 2. The number of carbonyl (C=O) groups is 1. The molecule has 0 spiro atoms. The van der Waals surface area contributed by atoms with E-state index in [-0.39, 0.29) is 24.5 Å². The highest BCUT2D eigenvalue weighted by molar-refractivity contribution is 5.85. The minimum atomic E-state index is -0.557. The Bertz CT molecular complexity index is 359. The van der Waals surface area contributed by atoms with E-state index in [0.717, 1.165) is 25.9 Å². The summed E-state index contributed by atoms with van der Waals surface area (Å²) in [5.41, 5.74) is 5.27. The van der Waals surface area contributed by atoms with E-state index in [0.29, 0.717) is 0 Å². The monoisotopic (exact) mass is 226 g/mol. The number of aromatic nitrogens is 3. The van der Waals surface area contributed by atoms with Gasteiger partial charge in [-0.05, 0) is 19.3 Å². The molecule has 0 amide bonds. The molecule has 1 fully saturated rings. The summed E-state index contributed by atoms with van der Waals surface area (Å²) in [6, 6.07) is 0. The van der Waals surface area contributed by atoms with Crippen molar-refractivity contribution >= 4 is 11.9 Å².